The number of rotatable bonds is 2. The predicted molar refractivity (Wildman–Crippen MR) is 27.2 cm³/mol. The van der Waals surface area contributed by atoms with E-state index in [1.54, 1.807) is 6.92 Å². The Kier molecular flexibility index (Phi) is 3.69. The van der Waals surface area contributed by atoms with Gasteiger partial charge < -0.3 is 4.74 Å². The molecule has 0 fully saturated rings. The first kappa shape index (κ1) is 6.69. The maximum absolute atomic E-state index is 10.1. The molecule has 0 amide bonds. The van der Waals surface area contributed by atoms with Gasteiger partial charge in [-0.1, -0.05) is 0 Å². The summed E-state index contributed by atoms with van der Waals surface area (Å²) in [6.07, 6.45) is 0. The van der Waals surface area contributed by atoms with Gasteiger partial charge in [0.2, 0.25) is 0 Å². The molecule has 0 aromatic carbocycles. The third-order valence-corrected chi connectivity index (χ3v) is 0.738. The van der Waals surface area contributed by atoms with Gasteiger partial charge >= 0.3 is 5.97 Å². The van der Waals surface area contributed by atoms with E-state index in [4.69, 9.17) is 0 Å². The molecule has 0 aliphatic rings. The largest absolute Gasteiger partial charge is 0.466 e. The van der Waals surface area contributed by atoms with Crippen LogP contribution >= 0.6 is 0 Å². The van der Waals surface area contributed by atoms with Gasteiger partial charge in [0.1, 0.15) is 0 Å². The highest BCUT2D eigenvalue weighted by Gasteiger charge is 1.91. The smallest absolute Gasteiger partial charge is 0.302 e. The quantitative estimate of drug-likeness (QED) is 0.378. The number of hydrogen-bond acceptors (Lipinski definition) is 2. The average molecular weight is 115 g/mol. The van der Waals surface area contributed by atoms with Crippen LogP contribution in [0, 0.1) is 0 Å². The average Bonchev–Trinajstić information content (AvgIpc) is 1.68. The number of ether oxygens (including phenoxy) is 1. The van der Waals surface area contributed by atoms with Crippen molar-refractivity contribution in [3.05, 3.63) is 0 Å². The summed E-state index contributed by atoms with van der Waals surface area (Å²) in [6.45, 7) is 2.24. The zero-order chi connectivity index (χ0) is 5.70. The lowest BCUT2D eigenvalue weighted by Crippen LogP contribution is -2.01. The monoisotopic (exact) mass is 115 g/mol. The van der Waals surface area contributed by atoms with Gasteiger partial charge in [0.05, 0.1) is 6.61 Å². The van der Waals surface area contributed by atoms with Crippen molar-refractivity contribution < 1.29 is 9.53 Å². The van der Waals surface area contributed by atoms with Gasteiger partial charge in [-0.05, 0) is 6.92 Å². The van der Waals surface area contributed by atoms with Crippen molar-refractivity contribution in [2.75, 3.05) is 6.61 Å². The molecule has 39 valence electrons. The van der Waals surface area contributed by atoms with Crippen LogP contribution in [0.15, 0.2) is 0 Å². The van der Waals surface area contributed by atoms with Crippen LogP contribution in [-0.2, 0) is 9.53 Å². The molecule has 7 heavy (non-hydrogen) atoms. The first-order valence-corrected chi connectivity index (χ1v) is 2.82. The van der Waals surface area contributed by atoms with E-state index in [1.807, 2.05) is 0 Å². The van der Waals surface area contributed by atoms with Gasteiger partial charge in [-0.3, -0.25) is 4.79 Å². The molecule has 3 heteroatoms. The minimum Gasteiger partial charge on any atom is -0.466 e. The molecule has 0 atom stereocenters. The molecule has 0 bridgehead atoms. The zero-order valence-corrected chi connectivity index (χ0v) is 5.23. The Bertz CT molecular complexity index is 62.7. The van der Waals surface area contributed by atoms with Gasteiger partial charge in [-0.2, -0.15) is 0 Å². The minimum atomic E-state index is -0.209. The van der Waals surface area contributed by atoms with Crippen molar-refractivity contribution in [3.8, 4) is 0 Å². The van der Waals surface area contributed by atoms with E-state index >= 15 is 0 Å². The molecule has 0 aliphatic heterocycles. The maximum Gasteiger partial charge on any atom is 0.302 e. The van der Waals surface area contributed by atoms with Crippen LogP contribution in [0.2, 0.25) is 6.04 Å². The van der Waals surface area contributed by atoms with E-state index in [0.29, 0.717) is 6.61 Å². The van der Waals surface area contributed by atoms with Gasteiger partial charge in [0.15, 0.2) is 0 Å². The Morgan fingerprint density at radius 2 is 2.43 bits per heavy atom. The lowest BCUT2D eigenvalue weighted by atomic mass is 10.8. The topological polar surface area (TPSA) is 26.3 Å². The number of hydrogen-bond donors (Lipinski definition) is 0. The van der Waals surface area contributed by atoms with Crippen molar-refractivity contribution >= 4 is 16.2 Å². The van der Waals surface area contributed by atoms with Gasteiger partial charge in [0, 0.05) is 16.3 Å². The Balaban J connectivity index is 3.00. The standard InChI is InChI=1S/C4H7O2Si/c1-2-6-4(5)3-7/h2-3H2,1H3. The fraction of sp³-hybridized carbons (Fsp3) is 0.750. The molecule has 0 spiro atoms. The van der Waals surface area contributed by atoms with Crippen LogP contribution in [0.1, 0.15) is 6.92 Å². The summed E-state index contributed by atoms with van der Waals surface area (Å²) in [5.41, 5.74) is 0. The molecule has 0 rings (SSSR count). The molecule has 2 nitrogen and oxygen atoms in total. The molecule has 0 aromatic rings. The van der Waals surface area contributed by atoms with Crippen LogP contribution in [0.5, 0.6) is 0 Å². The molecule has 0 saturated carbocycles. The lowest BCUT2D eigenvalue weighted by Gasteiger charge is -1.93. The van der Waals surface area contributed by atoms with Gasteiger partial charge in [-0.15, -0.1) is 0 Å². The SMILES string of the molecule is CCOC(=O)C[Si]. The van der Waals surface area contributed by atoms with Crippen molar-refractivity contribution in [2.45, 2.75) is 13.0 Å². The van der Waals surface area contributed by atoms with Crippen LogP contribution in [0.4, 0.5) is 0 Å². The summed E-state index contributed by atoms with van der Waals surface area (Å²) >= 11 is 0. The molecule has 0 aromatic heterocycles. The third kappa shape index (κ3) is 3.52. The molecule has 0 N–H and O–H groups in total. The number of esters is 1. The summed E-state index contributed by atoms with van der Waals surface area (Å²) in [4.78, 5) is 10.1. The fourth-order valence-corrected chi connectivity index (χ4v) is 0.314. The third-order valence-electron chi connectivity index (χ3n) is 0.450. The number of carbonyl (C=O) groups is 1. The predicted octanol–water partition coefficient (Wildman–Crippen LogP) is 0.136. The molecular formula is C4H7O2Si. The van der Waals surface area contributed by atoms with E-state index in [9.17, 15) is 4.79 Å². The van der Waals surface area contributed by atoms with Crippen LogP contribution in [0.25, 0.3) is 0 Å². The lowest BCUT2D eigenvalue weighted by molar-refractivity contribution is -0.140. The normalized spacial score (nSPS) is 8.29. The summed E-state index contributed by atoms with van der Waals surface area (Å²) < 4.78 is 4.50. The van der Waals surface area contributed by atoms with Gasteiger partial charge in [0.25, 0.3) is 0 Å². The Labute approximate surface area is 46.3 Å². The summed E-state index contributed by atoms with van der Waals surface area (Å²) in [5, 5.41) is 0. The highest BCUT2D eigenvalue weighted by molar-refractivity contribution is 6.18. The molecule has 0 unspecified atom stereocenters. The Hall–Kier alpha value is -0.313. The first-order valence-electron chi connectivity index (χ1n) is 2.11. The molecule has 0 heterocycles. The van der Waals surface area contributed by atoms with Crippen molar-refractivity contribution in [1.29, 1.82) is 0 Å². The number of carbonyl (C=O) groups excluding carboxylic acids is 1. The Morgan fingerprint density at radius 3 is 2.57 bits per heavy atom. The van der Waals surface area contributed by atoms with Crippen molar-refractivity contribution in [2.24, 2.45) is 0 Å². The highest BCUT2D eigenvalue weighted by Crippen LogP contribution is 1.78. The van der Waals surface area contributed by atoms with Crippen LogP contribution in [-0.4, -0.2) is 22.8 Å². The second-order valence-electron chi connectivity index (χ2n) is 0.982. The molecule has 0 saturated heterocycles. The fourth-order valence-electron chi connectivity index (χ4n) is 0.212. The summed E-state index contributed by atoms with van der Waals surface area (Å²) in [5.74, 6) is -0.209. The van der Waals surface area contributed by atoms with E-state index in [2.05, 4.69) is 15.0 Å². The second-order valence-corrected chi connectivity index (χ2v) is 1.34. The molecular weight excluding hydrogens is 108 g/mol. The minimum absolute atomic E-state index is 0.209. The Morgan fingerprint density at radius 1 is 1.86 bits per heavy atom. The zero-order valence-electron chi connectivity index (χ0n) is 4.23. The van der Waals surface area contributed by atoms with Gasteiger partial charge in [-0.25, -0.2) is 0 Å². The van der Waals surface area contributed by atoms with Crippen molar-refractivity contribution in [1.82, 2.24) is 0 Å². The summed E-state index contributed by atoms with van der Waals surface area (Å²) in [6, 6.07) is 0.286. The summed E-state index contributed by atoms with van der Waals surface area (Å²) in [7, 11) is 2.98. The second kappa shape index (κ2) is 3.86. The first-order chi connectivity index (χ1) is 3.31. The van der Waals surface area contributed by atoms with Crippen molar-refractivity contribution in [3.63, 3.8) is 0 Å². The van der Waals surface area contributed by atoms with E-state index in [-0.39, 0.29) is 12.0 Å². The highest BCUT2D eigenvalue weighted by atomic mass is 28.1. The van der Waals surface area contributed by atoms with Crippen LogP contribution < -0.4 is 0 Å². The van der Waals surface area contributed by atoms with Crippen LogP contribution in [0.3, 0.4) is 0 Å². The maximum atomic E-state index is 10.1. The molecule has 0 aliphatic carbocycles. The molecule has 3 radical (unpaired) electrons. The van der Waals surface area contributed by atoms with E-state index in [0.717, 1.165) is 0 Å². The van der Waals surface area contributed by atoms with E-state index in [1.165, 1.54) is 0 Å². The van der Waals surface area contributed by atoms with E-state index < -0.39 is 0 Å².